The second-order valence-corrected chi connectivity index (χ2v) is 8.07. The first kappa shape index (κ1) is 19.4. The number of carbonyl (C=O) groups excluding carboxylic acids is 1. The Balaban J connectivity index is 1.36. The lowest BCUT2D eigenvalue weighted by molar-refractivity contribution is -0.132. The smallest absolute Gasteiger partial charge is 0.293 e. The molecule has 2 bridgehead atoms. The maximum Gasteiger partial charge on any atom is 0.293 e. The molecule has 0 aromatic heterocycles. The third kappa shape index (κ3) is 3.57. The third-order valence-electron chi connectivity index (χ3n) is 6.18. The number of fused-ring (bicyclic) bond motifs is 2. The average molecular weight is 416 g/mol. The molecule has 1 aliphatic carbocycles. The van der Waals surface area contributed by atoms with E-state index < -0.39 is 0 Å². The minimum atomic E-state index is -0.347. The number of ether oxygens (including phenoxy) is 2. The molecule has 1 saturated heterocycles. The second-order valence-electron chi connectivity index (χ2n) is 8.07. The molecule has 2 unspecified atom stereocenters. The topological polar surface area (TPSA) is 62.6 Å². The molecule has 6 heteroatoms. The number of hydrogen-bond acceptors (Lipinski definition) is 4. The van der Waals surface area contributed by atoms with E-state index in [4.69, 9.17) is 14.7 Å². The van der Waals surface area contributed by atoms with E-state index in [-0.39, 0.29) is 29.6 Å². The van der Waals surface area contributed by atoms with Crippen molar-refractivity contribution in [2.45, 2.75) is 44.2 Å². The van der Waals surface area contributed by atoms with E-state index in [9.17, 15) is 9.18 Å². The number of rotatable bonds is 3. The normalized spacial score (nSPS) is 24.2. The van der Waals surface area contributed by atoms with Crippen LogP contribution in [0.15, 0.2) is 72.1 Å². The van der Waals surface area contributed by atoms with Gasteiger partial charge in [-0.2, -0.15) is 5.26 Å². The van der Waals surface area contributed by atoms with Crippen molar-refractivity contribution < 1.29 is 18.7 Å². The molecule has 3 heterocycles. The molecule has 5 rings (SSSR count). The van der Waals surface area contributed by atoms with Gasteiger partial charge in [0.2, 0.25) is 5.76 Å². The standard InChI is InChI=1S/C25H21FN2O3/c26-22-9-6-16(13-27)10-21(22)18-11-19-7-8-20(12-18)28(19)25(29)24-15-30-14-23(31-24)17-4-2-1-3-5-17/h1-2,4,6,9-11,14-15,19-20H,3,5,7-8,12H2. The van der Waals surface area contributed by atoms with Gasteiger partial charge in [-0.05, 0) is 61.4 Å². The fraction of sp³-hybridized carbons (Fsp3) is 0.280. The van der Waals surface area contributed by atoms with E-state index in [0.717, 1.165) is 36.8 Å². The van der Waals surface area contributed by atoms with Gasteiger partial charge in [-0.1, -0.05) is 24.3 Å². The van der Waals surface area contributed by atoms with E-state index in [1.165, 1.54) is 24.7 Å². The van der Waals surface area contributed by atoms with Crippen LogP contribution < -0.4 is 0 Å². The van der Waals surface area contributed by atoms with E-state index >= 15 is 0 Å². The molecule has 4 aliphatic rings. The second kappa shape index (κ2) is 7.92. The quantitative estimate of drug-likeness (QED) is 0.707. The highest BCUT2D eigenvalue weighted by Crippen LogP contribution is 2.40. The minimum Gasteiger partial charge on any atom is -0.465 e. The molecule has 1 aromatic rings. The molecular weight excluding hydrogens is 395 g/mol. The fourth-order valence-electron chi connectivity index (χ4n) is 4.68. The van der Waals surface area contributed by atoms with Gasteiger partial charge in [-0.25, -0.2) is 4.39 Å². The lowest BCUT2D eigenvalue weighted by Gasteiger charge is -2.35. The van der Waals surface area contributed by atoms with Crippen molar-refractivity contribution in [3.63, 3.8) is 0 Å². The lowest BCUT2D eigenvalue weighted by Crippen LogP contribution is -2.44. The SMILES string of the molecule is N#Cc1ccc(F)c(C2=CC3CCC(C2)N3C(=O)C2=COC=C(C3=CC=CCC3)O2)c1. The molecule has 31 heavy (non-hydrogen) atoms. The van der Waals surface area contributed by atoms with Crippen molar-refractivity contribution in [3.05, 3.63) is 89.1 Å². The van der Waals surface area contributed by atoms with Crippen LogP contribution in [0.1, 0.15) is 43.2 Å². The molecule has 0 radical (unpaired) electrons. The Morgan fingerprint density at radius 2 is 2.13 bits per heavy atom. The number of amides is 1. The van der Waals surface area contributed by atoms with Crippen molar-refractivity contribution in [1.29, 1.82) is 5.26 Å². The van der Waals surface area contributed by atoms with Crippen LogP contribution in [0.3, 0.4) is 0 Å². The van der Waals surface area contributed by atoms with Crippen molar-refractivity contribution in [2.75, 3.05) is 0 Å². The summed E-state index contributed by atoms with van der Waals surface area (Å²) in [6.07, 6.45) is 14.8. The average Bonchev–Trinajstić information content (AvgIpc) is 3.08. The number of allylic oxidation sites excluding steroid dienone is 4. The number of hydrogen-bond donors (Lipinski definition) is 0. The van der Waals surface area contributed by atoms with Crippen LogP contribution in [0.4, 0.5) is 4.39 Å². The zero-order valence-electron chi connectivity index (χ0n) is 16.9. The molecular formula is C25H21FN2O3. The van der Waals surface area contributed by atoms with Crippen LogP contribution in [-0.2, 0) is 14.3 Å². The monoisotopic (exact) mass is 416 g/mol. The Morgan fingerprint density at radius 3 is 2.90 bits per heavy atom. The predicted octanol–water partition coefficient (Wildman–Crippen LogP) is 4.85. The van der Waals surface area contributed by atoms with Gasteiger partial charge in [-0.3, -0.25) is 4.79 Å². The number of nitriles is 1. The summed E-state index contributed by atoms with van der Waals surface area (Å²) in [5.74, 6) is 0.165. The lowest BCUT2D eigenvalue weighted by atomic mass is 9.93. The van der Waals surface area contributed by atoms with Gasteiger partial charge in [-0.15, -0.1) is 0 Å². The highest BCUT2D eigenvalue weighted by atomic mass is 19.1. The van der Waals surface area contributed by atoms with Crippen LogP contribution in [0.2, 0.25) is 0 Å². The van der Waals surface area contributed by atoms with Gasteiger partial charge in [0.25, 0.3) is 5.91 Å². The molecule has 0 N–H and O–H groups in total. The molecule has 0 spiro atoms. The zero-order chi connectivity index (χ0) is 21.4. The molecule has 1 fully saturated rings. The molecule has 0 saturated carbocycles. The highest BCUT2D eigenvalue weighted by molar-refractivity contribution is 5.93. The number of halogens is 1. The van der Waals surface area contributed by atoms with Crippen LogP contribution in [0, 0.1) is 17.1 Å². The number of carbonyl (C=O) groups is 1. The van der Waals surface area contributed by atoms with Gasteiger partial charge in [0.05, 0.1) is 17.7 Å². The Labute approximate surface area is 180 Å². The summed E-state index contributed by atoms with van der Waals surface area (Å²) < 4.78 is 25.8. The Morgan fingerprint density at radius 1 is 1.23 bits per heavy atom. The minimum absolute atomic E-state index is 0.0432. The van der Waals surface area contributed by atoms with E-state index in [0.29, 0.717) is 23.3 Å². The molecule has 5 nitrogen and oxygen atoms in total. The van der Waals surface area contributed by atoms with Crippen molar-refractivity contribution >= 4 is 11.5 Å². The molecule has 156 valence electrons. The molecule has 3 aliphatic heterocycles. The number of benzene rings is 1. The first-order valence-corrected chi connectivity index (χ1v) is 10.5. The largest absolute Gasteiger partial charge is 0.465 e. The summed E-state index contributed by atoms with van der Waals surface area (Å²) in [6.45, 7) is 0. The summed E-state index contributed by atoms with van der Waals surface area (Å²) in [7, 11) is 0. The Bertz CT molecular complexity index is 1140. The molecule has 2 atom stereocenters. The van der Waals surface area contributed by atoms with Gasteiger partial charge in [0.15, 0.2) is 5.76 Å². The maximum atomic E-state index is 14.4. The molecule has 1 aromatic carbocycles. The van der Waals surface area contributed by atoms with Gasteiger partial charge in [0.1, 0.15) is 18.3 Å². The van der Waals surface area contributed by atoms with Crippen LogP contribution >= 0.6 is 0 Å². The number of nitrogens with zero attached hydrogens (tertiary/aromatic N) is 2. The summed E-state index contributed by atoms with van der Waals surface area (Å²) in [4.78, 5) is 15.1. The van der Waals surface area contributed by atoms with Crippen LogP contribution in [0.5, 0.6) is 0 Å². The third-order valence-corrected chi connectivity index (χ3v) is 6.18. The molecule has 1 amide bonds. The van der Waals surface area contributed by atoms with Crippen molar-refractivity contribution in [3.8, 4) is 6.07 Å². The highest BCUT2D eigenvalue weighted by Gasteiger charge is 2.42. The van der Waals surface area contributed by atoms with Crippen LogP contribution in [-0.4, -0.2) is 22.9 Å². The first-order valence-electron chi connectivity index (χ1n) is 10.5. The van der Waals surface area contributed by atoms with Gasteiger partial charge >= 0.3 is 0 Å². The van der Waals surface area contributed by atoms with E-state index in [1.807, 2.05) is 23.1 Å². The van der Waals surface area contributed by atoms with Crippen molar-refractivity contribution in [2.24, 2.45) is 0 Å². The van der Waals surface area contributed by atoms with Crippen LogP contribution in [0.25, 0.3) is 5.57 Å². The Kier molecular flexibility index (Phi) is 4.95. The summed E-state index contributed by atoms with van der Waals surface area (Å²) in [5.41, 5.74) is 2.72. The summed E-state index contributed by atoms with van der Waals surface area (Å²) >= 11 is 0. The Hall–Kier alpha value is -3.59. The predicted molar refractivity (Wildman–Crippen MR) is 112 cm³/mol. The zero-order valence-corrected chi connectivity index (χ0v) is 16.9. The van der Waals surface area contributed by atoms with Crippen molar-refractivity contribution in [1.82, 2.24) is 4.90 Å². The maximum absolute atomic E-state index is 14.4. The van der Waals surface area contributed by atoms with E-state index in [1.54, 1.807) is 6.07 Å². The van der Waals surface area contributed by atoms with E-state index in [2.05, 4.69) is 12.1 Å². The fourth-order valence-corrected chi connectivity index (χ4v) is 4.68. The van der Waals surface area contributed by atoms with Gasteiger partial charge < -0.3 is 14.4 Å². The summed E-state index contributed by atoms with van der Waals surface area (Å²) in [5, 5.41) is 9.15. The van der Waals surface area contributed by atoms with Gasteiger partial charge in [0, 0.05) is 11.6 Å². The summed E-state index contributed by atoms with van der Waals surface area (Å²) in [6, 6.07) is 6.27. The first-order chi connectivity index (χ1) is 15.1.